The Morgan fingerprint density at radius 2 is 2.18 bits per heavy atom. The van der Waals surface area contributed by atoms with Gasteiger partial charge in [0.1, 0.15) is 0 Å². The molecule has 2 rings (SSSR count). The maximum atomic E-state index is 12.8. The molecule has 0 saturated carbocycles. The molecule has 0 aliphatic rings. The molecule has 0 aromatic carbocycles. The van der Waals surface area contributed by atoms with E-state index in [0.717, 1.165) is 6.07 Å². The Hall–Kier alpha value is -1.82. The fourth-order valence-corrected chi connectivity index (χ4v) is 1.56. The van der Waals surface area contributed by atoms with E-state index in [1.165, 1.54) is 12.3 Å². The number of aromatic nitrogens is 2. The normalized spacial score (nSPS) is 10.0. The van der Waals surface area contributed by atoms with Crippen LogP contribution in [-0.2, 0) is 0 Å². The lowest BCUT2D eigenvalue weighted by Crippen LogP contribution is -2.12. The first kappa shape index (κ1) is 11.7. The molecule has 2 aromatic heterocycles. The van der Waals surface area contributed by atoms with E-state index >= 15 is 0 Å². The molecular weight excluding hydrogens is 289 g/mol. The van der Waals surface area contributed by atoms with Crippen LogP contribution in [0, 0.1) is 5.95 Å². The molecule has 1 N–H and O–H groups in total. The Labute approximate surface area is 105 Å². The third kappa shape index (κ3) is 2.85. The lowest BCUT2D eigenvalue weighted by Gasteiger charge is -2.06. The van der Waals surface area contributed by atoms with Crippen LogP contribution in [0.25, 0.3) is 0 Å². The molecule has 0 bridgehead atoms. The van der Waals surface area contributed by atoms with Gasteiger partial charge >= 0.3 is 0 Å². The van der Waals surface area contributed by atoms with E-state index in [-0.39, 0.29) is 5.56 Å². The van der Waals surface area contributed by atoms with Crippen molar-refractivity contribution in [3.05, 3.63) is 52.8 Å². The standard InChI is InChI=1S/C11H7BrFN3O/c12-8-6-14-3-2-9(8)16-11(17)7-1-4-15-10(13)5-7/h1-6H,(H,14,16,17). The van der Waals surface area contributed by atoms with Crippen LogP contribution < -0.4 is 5.32 Å². The van der Waals surface area contributed by atoms with Crippen molar-refractivity contribution in [1.82, 2.24) is 9.97 Å². The van der Waals surface area contributed by atoms with Gasteiger partial charge in [0.15, 0.2) is 0 Å². The highest BCUT2D eigenvalue weighted by Crippen LogP contribution is 2.20. The smallest absolute Gasteiger partial charge is 0.255 e. The van der Waals surface area contributed by atoms with Gasteiger partial charge in [-0.25, -0.2) is 4.98 Å². The van der Waals surface area contributed by atoms with Gasteiger partial charge in [0.05, 0.1) is 10.2 Å². The van der Waals surface area contributed by atoms with Gasteiger partial charge in [-0.15, -0.1) is 0 Å². The monoisotopic (exact) mass is 295 g/mol. The van der Waals surface area contributed by atoms with Crippen LogP contribution in [-0.4, -0.2) is 15.9 Å². The predicted molar refractivity (Wildman–Crippen MR) is 64.1 cm³/mol. The highest BCUT2D eigenvalue weighted by Gasteiger charge is 2.09. The lowest BCUT2D eigenvalue weighted by atomic mass is 10.2. The zero-order valence-electron chi connectivity index (χ0n) is 8.52. The van der Waals surface area contributed by atoms with E-state index in [1.54, 1.807) is 18.5 Å². The summed E-state index contributed by atoms with van der Waals surface area (Å²) in [7, 11) is 0. The summed E-state index contributed by atoms with van der Waals surface area (Å²) in [6, 6.07) is 4.15. The Kier molecular flexibility index (Phi) is 3.43. The number of nitrogens with one attached hydrogen (secondary N) is 1. The van der Waals surface area contributed by atoms with E-state index in [1.807, 2.05) is 0 Å². The third-order valence-corrected chi connectivity index (χ3v) is 2.64. The first-order chi connectivity index (χ1) is 8.16. The number of amides is 1. The summed E-state index contributed by atoms with van der Waals surface area (Å²) < 4.78 is 13.5. The fraction of sp³-hybridized carbons (Fsp3) is 0. The molecule has 0 saturated heterocycles. The molecule has 4 nitrogen and oxygen atoms in total. The molecule has 0 atom stereocenters. The highest BCUT2D eigenvalue weighted by atomic mass is 79.9. The van der Waals surface area contributed by atoms with Gasteiger partial charge < -0.3 is 5.32 Å². The molecule has 86 valence electrons. The first-order valence-corrected chi connectivity index (χ1v) is 5.48. The van der Waals surface area contributed by atoms with E-state index in [4.69, 9.17) is 0 Å². The molecule has 0 unspecified atom stereocenters. The van der Waals surface area contributed by atoms with Gasteiger partial charge in [0.25, 0.3) is 5.91 Å². The minimum Gasteiger partial charge on any atom is -0.321 e. The van der Waals surface area contributed by atoms with Gasteiger partial charge in [0, 0.05) is 30.2 Å². The number of carbonyl (C=O) groups is 1. The molecule has 0 aliphatic heterocycles. The van der Waals surface area contributed by atoms with Gasteiger partial charge in [-0.2, -0.15) is 4.39 Å². The summed E-state index contributed by atoms with van der Waals surface area (Å²) >= 11 is 3.25. The second-order valence-corrected chi connectivity index (χ2v) is 4.03. The summed E-state index contributed by atoms with van der Waals surface area (Å²) in [5, 5.41) is 2.63. The summed E-state index contributed by atoms with van der Waals surface area (Å²) in [4.78, 5) is 19.0. The van der Waals surface area contributed by atoms with Crippen molar-refractivity contribution in [3.8, 4) is 0 Å². The molecule has 0 aliphatic carbocycles. The number of halogens is 2. The number of pyridine rings is 2. The minimum absolute atomic E-state index is 0.209. The lowest BCUT2D eigenvalue weighted by molar-refractivity contribution is 0.102. The van der Waals surface area contributed by atoms with Crippen LogP contribution in [0.3, 0.4) is 0 Å². The molecule has 2 aromatic rings. The van der Waals surface area contributed by atoms with Crippen molar-refractivity contribution in [2.45, 2.75) is 0 Å². The maximum Gasteiger partial charge on any atom is 0.255 e. The number of anilines is 1. The van der Waals surface area contributed by atoms with Crippen LogP contribution in [0.15, 0.2) is 41.3 Å². The third-order valence-electron chi connectivity index (χ3n) is 2.01. The molecule has 17 heavy (non-hydrogen) atoms. The summed E-state index contributed by atoms with van der Waals surface area (Å²) in [6.45, 7) is 0. The number of carbonyl (C=O) groups excluding carboxylic acids is 1. The van der Waals surface area contributed by atoms with Crippen LogP contribution in [0.5, 0.6) is 0 Å². The maximum absolute atomic E-state index is 12.8. The van der Waals surface area contributed by atoms with Crippen molar-refractivity contribution in [2.75, 3.05) is 5.32 Å². The predicted octanol–water partition coefficient (Wildman–Crippen LogP) is 2.63. The number of rotatable bonds is 2. The second kappa shape index (κ2) is 5.01. The quantitative estimate of drug-likeness (QED) is 0.867. The summed E-state index contributed by atoms with van der Waals surface area (Å²) in [5.41, 5.74) is 0.781. The Morgan fingerprint density at radius 3 is 2.88 bits per heavy atom. The van der Waals surface area contributed by atoms with E-state index in [9.17, 15) is 9.18 Å². The molecule has 0 radical (unpaired) electrons. The average Bonchev–Trinajstić information content (AvgIpc) is 2.32. The van der Waals surface area contributed by atoms with Crippen LogP contribution >= 0.6 is 15.9 Å². The Balaban J connectivity index is 2.20. The van der Waals surface area contributed by atoms with Crippen molar-refractivity contribution in [1.29, 1.82) is 0 Å². The van der Waals surface area contributed by atoms with Gasteiger partial charge in [0.2, 0.25) is 5.95 Å². The molecule has 0 spiro atoms. The highest BCUT2D eigenvalue weighted by molar-refractivity contribution is 9.10. The number of nitrogens with zero attached hydrogens (tertiary/aromatic N) is 2. The van der Waals surface area contributed by atoms with E-state index < -0.39 is 11.9 Å². The van der Waals surface area contributed by atoms with Crippen LogP contribution in [0.1, 0.15) is 10.4 Å². The molecule has 1 amide bonds. The SMILES string of the molecule is O=C(Nc1ccncc1Br)c1ccnc(F)c1. The van der Waals surface area contributed by atoms with Gasteiger partial charge in [-0.3, -0.25) is 9.78 Å². The molecule has 0 fully saturated rings. The van der Waals surface area contributed by atoms with E-state index in [2.05, 4.69) is 31.2 Å². The van der Waals surface area contributed by atoms with Crippen molar-refractivity contribution in [2.24, 2.45) is 0 Å². The Morgan fingerprint density at radius 1 is 1.35 bits per heavy atom. The molecule has 6 heteroatoms. The Bertz CT molecular complexity index is 562. The fourth-order valence-electron chi connectivity index (χ4n) is 1.21. The largest absolute Gasteiger partial charge is 0.321 e. The summed E-state index contributed by atoms with van der Waals surface area (Å²) in [6.07, 6.45) is 4.35. The van der Waals surface area contributed by atoms with Crippen LogP contribution in [0.4, 0.5) is 10.1 Å². The van der Waals surface area contributed by atoms with Gasteiger partial charge in [-0.05, 0) is 28.1 Å². The van der Waals surface area contributed by atoms with Gasteiger partial charge in [-0.1, -0.05) is 0 Å². The summed E-state index contributed by atoms with van der Waals surface area (Å²) in [5.74, 6) is -1.09. The number of hydrogen-bond acceptors (Lipinski definition) is 3. The minimum atomic E-state index is -0.688. The number of hydrogen-bond donors (Lipinski definition) is 1. The van der Waals surface area contributed by atoms with Crippen LogP contribution in [0.2, 0.25) is 0 Å². The van der Waals surface area contributed by atoms with Crippen molar-refractivity contribution >= 4 is 27.5 Å². The zero-order valence-corrected chi connectivity index (χ0v) is 10.1. The topological polar surface area (TPSA) is 54.9 Å². The molecular formula is C11H7BrFN3O. The van der Waals surface area contributed by atoms with Crippen molar-refractivity contribution in [3.63, 3.8) is 0 Å². The second-order valence-electron chi connectivity index (χ2n) is 3.18. The van der Waals surface area contributed by atoms with Crippen molar-refractivity contribution < 1.29 is 9.18 Å². The molecule has 2 heterocycles. The first-order valence-electron chi connectivity index (χ1n) is 4.69. The van der Waals surface area contributed by atoms with E-state index in [0.29, 0.717) is 10.2 Å². The average molecular weight is 296 g/mol. The zero-order chi connectivity index (χ0) is 12.3.